The summed E-state index contributed by atoms with van der Waals surface area (Å²) in [5.74, 6) is -0.427. The summed E-state index contributed by atoms with van der Waals surface area (Å²) in [5.41, 5.74) is 2.26. The van der Waals surface area contributed by atoms with Gasteiger partial charge in [-0.05, 0) is 70.6 Å². The van der Waals surface area contributed by atoms with Crippen molar-refractivity contribution in [2.45, 2.75) is 97.4 Å². The summed E-state index contributed by atoms with van der Waals surface area (Å²) in [6.07, 6.45) is 3.94. The quantitative estimate of drug-likeness (QED) is 0.315. The Bertz CT molecular complexity index is 864. The molecule has 1 aromatic rings. The van der Waals surface area contributed by atoms with Crippen LogP contribution in [0.1, 0.15) is 82.5 Å². The number of alkyl carbamates (subject to hydrolysis) is 1. The molecule has 0 aliphatic heterocycles. The van der Waals surface area contributed by atoms with Crippen molar-refractivity contribution in [1.82, 2.24) is 15.5 Å². The van der Waals surface area contributed by atoms with Gasteiger partial charge in [-0.3, -0.25) is 9.59 Å². The summed E-state index contributed by atoms with van der Waals surface area (Å²) >= 11 is 4.32. The Balaban J connectivity index is 2.35. The number of nitrogens with zero attached hydrogens (tertiary/aromatic N) is 1. The molecule has 1 saturated carbocycles. The van der Waals surface area contributed by atoms with Gasteiger partial charge in [0, 0.05) is 18.3 Å². The van der Waals surface area contributed by atoms with E-state index in [2.05, 4.69) is 30.2 Å². The van der Waals surface area contributed by atoms with Crippen LogP contribution in [0.5, 0.6) is 0 Å². The minimum Gasteiger partial charge on any atom is -0.444 e. The number of unbranched alkanes of at least 4 members (excludes halogenated alkanes) is 2. The van der Waals surface area contributed by atoms with Gasteiger partial charge < -0.3 is 20.3 Å². The fourth-order valence-corrected chi connectivity index (χ4v) is 3.99. The number of aryl methyl sites for hydroxylation is 2. The molecule has 0 spiro atoms. The van der Waals surface area contributed by atoms with Gasteiger partial charge in [0.15, 0.2) is 0 Å². The first-order valence-corrected chi connectivity index (χ1v) is 12.9. The second-order valence-electron chi connectivity index (χ2n) is 10.1. The van der Waals surface area contributed by atoms with Crippen molar-refractivity contribution in [3.05, 3.63) is 34.9 Å². The predicted octanol–water partition coefficient (Wildman–Crippen LogP) is 4.47. The molecule has 2 unspecified atom stereocenters. The van der Waals surface area contributed by atoms with E-state index in [0.29, 0.717) is 6.54 Å². The highest BCUT2D eigenvalue weighted by Gasteiger charge is 2.43. The lowest BCUT2D eigenvalue weighted by Crippen LogP contribution is -2.54. The van der Waals surface area contributed by atoms with Gasteiger partial charge in [-0.2, -0.15) is 12.6 Å². The number of benzene rings is 1. The molecular formula is C26H41N3O4S. The Hall–Kier alpha value is -2.22. The van der Waals surface area contributed by atoms with Gasteiger partial charge in [0.25, 0.3) is 0 Å². The van der Waals surface area contributed by atoms with E-state index in [1.807, 2.05) is 32.0 Å². The van der Waals surface area contributed by atoms with Crippen LogP contribution in [0.25, 0.3) is 0 Å². The molecule has 2 N–H and O–H groups in total. The summed E-state index contributed by atoms with van der Waals surface area (Å²) in [4.78, 5) is 41.2. The van der Waals surface area contributed by atoms with Crippen LogP contribution in [0.2, 0.25) is 0 Å². The number of carbonyl (C=O) groups is 3. The summed E-state index contributed by atoms with van der Waals surface area (Å²) in [7, 11) is 0. The molecule has 1 fully saturated rings. The molecule has 8 heteroatoms. The largest absolute Gasteiger partial charge is 0.444 e. The van der Waals surface area contributed by atoms with Crippen molar-refractivity contribution < 1.29 is 19.1 Å². The second kappa shape index (κ2) is 12.5. The van der Waals surface area contributed by atoms with E-state index < -0.39 is 23.8 Å². The van der Waals surface area contributed by atoms with Gasteiger partial charge in [0.2, 0.25) is 11.8 Å². The molecule has 0 bridgehead atoms. The molecule has 1 aliphatic rings. The lowest BCUT2D eigenvalue weighted by atomic mass is 9.98. The van der Waals surface area contributed by atoms with Gasteiger partial charge in [0.1, 0.15) is 17.7 Å². The Morgan fingerprint density at radius 3 is 2.35 bits per heavy atom. The number of nitrogens with one attached hydrogen (secondary N) is 2. The molecule has 1 aliphatic carbocycles. The zero-order chi connectivity index (χ0) is 25.5. The maximum atomic E-state index is 13.7. The summed E-state index contributed by atoms with van der Waals surface area (Å²) in [6.45, 7) is 12.0. The molecular weight excluding hydrogens is 450 g/mol. The third kappa shape index (κ3) is 8.22. The average Bonchev–Trinajstić information content (AvgIpc) is 3.58. The standard InChI is InChI=1S/C26H41N3O4S/c1-7-8-9-14-27-23(30)22(19-11-10-17(2)18(3)15-19)29(20-12-13-20)24(31)21(16-34)28-25(32)33-26(4,5)6/h10-11,15,20-22,34H,7-9,12-14,16H2,1-6H3,(H,27,30)(H,28,32). The topological polar surface area (TPSA) is 87.7 Å². The number of hydrogen-bond acceptors (Lipinski definition) is 5. The van der Waals surface area contributed by atoms with E-state index in [1.165, 1.54) is 0 Å². The van der Waals surface area contributed by atoms with Gasteiger partial charge in [-0.25, -0.2) is 4.79 Å². The molecule has 0 aromatic heterocycles. The third-order valence-electron chi connectivity index (χ3n) is 5.82. The predicted molar refractivity (Wildman–Crippen MR) is 138 cm³/mol. The van der Waals surface area contributed by atoms with Crippen molar-refractivity contribution >= 4 is 30.5 Å². The fourth-order valence-electron chi connectivity index (χ4n) is 3.74. The molecule has 3 amide bonds. The van der Waals surface area contributed by atoms with Crippen molar-refractivity contribution in [1.29, 1.82) is 0 Å². The number of thiol groups is 1. The molecule has 0 heterocycles. The van der Waals surface area contributed by atoms with Gasteiger partial charge in [-0.15, -0.1) is 0 Å². The van der Waals surface area contributed by atoms with E-state index in [-0.39, 0.29) is 23.6 Å². The number of amides is 3. The molecule has 2 atom stereocenters. The summed E-state index contributed by atoms with van der Waals surface area (Å²) in [5, 5.41) is 5.68. The Kier molecular flexibility index (Phi) is 10.3. The highest BCUT2D eigenvalue weighted by Crippen LogP contribution is 2.36. The SMILES string of the molecule is CCCCCNC(=O)C(c1ccc(C)c(C)c1)N(C(=O)C(CS)NC(=O)OC(C)(C)C)C1CC1. The molecule has 2 rings (SSSR count). The summed E-state index contributed by atoms with van der Waals surface area (Å²) in [6, 6.07) is 4.14. The van der Waals surface area contributed by atoms with Crippen molar-refractivity contribution in [2.75, 3.05) is 12.3 Å². The van der Waals surface area contributed by atoms with Gasteiger partial charge in [0.05, 0.1) is 0 Å². The first-order valence-electron chi connectivity index (χ1n) is 12.3. The van der Waals surface area contributed by atoms with E-state index in [0.717, 1.165) is 48.8 Å². The number of carbonyl (C=O) groups excluding carboxylic acids is 3. The molecule has 0 saturated heterocycles. The first kappa shape index (κ1) is 28.0. The molecule has 1 aromatic carbocycles. The van der Waals surface area contributed by atoms with Crippen LogP contribution in [-0.2, 0) is 14.3 Å². The smallest absolute Gasteiger partial charge is 0.408 e. The van der Waals surface area contributed by atoms with Crippen molar-refractivity contribution in [3.63, 3.8) is 0 Å². The van der Waals surface area contributed by atoms with Crippen LogP contribution in [0.15, 0.2) is 18.2 Å². The van der Waals surface area contributed by atoms with Gasteiger partial charge in [-0.1, -0.05) is 38.0 Å². The number of ether oxygens (including phenoxy) is 1. The highest BCUT2D eigenvalue weighted by atomic mass is 32.1. The van der Waals surface area contributed by atoms with Crippen LogP contribution in [0, 0.1) is 13.8 Å². The highest BCUT2D eigenvalue weighted by molar-refractivity contribution is 7.80. The lowest BCUT2D eigenvalue weighted by molar-refractivity contribution is -0.142. The maximum Gasteiger partial charge on any atom is 0.408 e. The third-order valence-corrected chi connectivity index (χ3v) is 6.18. The fraction of sp³-hybridized carbons (Fsp3) is 0.654. The van der Waals surface area contributed by atoms with Crippen LogP contribution < -0.4 is 10.6 Å². The minimum absolute atomic E-state index is 0.0525. The summed E-state index contributed by atoms with van der Waals surface area (Å²) < 4.78 is 5.34. The second-order valence-corrected chi connectivity index (χ2v) is 10.5. The van der Waals surface area contributed by atoms with Crippen LogP contribution in [0.3, 0.4) is 0 Å². The maximum absolute atomic E-state index is 13.7. The van der Waals surface area contributed by atoms with Crippen LogP contribution in [0.4, 0.5) is 4.79 Å². The Morgan fingerprint density at radius 1 is 1.15 bits per heavy atom. The monoisotopic (exact) mass is 491 g/mol. The van der Waals surface area contributed by atoms with Gasteiger partial charge >= 0.3 is 6.09 Å². The van der Waals surface area contributed by atoms with E-state index in [1.54, 1.807) is 25.7 Å². The normalized spacial score (nSPS) is 15.3. The Labute approximate surface area is 209 Å². The van der Waals surface area contributed by atoms with Crippen LogP contribution in [-0.4, -0.2) is 52.8 Å². The van der Waals surface area contributed by atoms with E-state index >= 15 is 0 Å². The molecule has 190 valence electrons. The minimum atomic E-state index is -0.902. The zero-order valence-electron chi connectivity index (χ0n) is 21.4. The van der Waals surface area contributed by atoms with Crippen molar-refractivity contribution in [3.8, 4) is 0 Å². The van der Waals surface area contributed by atoms with Crippen LogP contribution >= 0.6 is 12.6 Å². The van der Waals surface area contributed by atoms with Crippen molar-refractivity contribution in [2.24, 2.45) is 0 Å². The molecule has 0 radical (unpaired) electrons. The first-order chi connectivity index (χ1) is 16.0. The van der Waals surface area contributed by atoms with E-state index in [4.69, 9.17) is 4.74 Å². The average molecular weight is 492 g/mol. The van der Waals surface area contributed by atoms with E-state index in [9.17, 15) is 14.4 Å². The lowest BCUT2D eigenvalue weighted by Gasteiger charge is -2.34. The zero-order valence-corrected chi connectivity index (χ0v) is 22.3. The number of hydrogen-bond donors (Lipinski definition) is 3. The molecule has 34 heavy (non-hydrogen) atoms. The number of rotatable bonds is 11. The Morgan fingerprint density at radius 2 is 1.82 bits per heavy atom. The molecule has 7 nitrogen and oxygen atoms in total.